The van der Waals surface area contributed by atoms with Crippen molar-refractivity contribution in [3.63, 3.8) is 0 Å². The molecule has 1 aromatic carbocycles. The van der Waals surface area contributed by atoms with Crippen LogP contribution < -0.4 is 5.32 Å². The second-order valence-electron chi connectivity index (χ2n) is 4.09. The molecule has 1 unspecified atom stereocenters. The highest BCUT2D eigenvalue weighted by Gasteiger charge is 2.30. The second kappa shape index (κ2) is 4.50. The molecule has 1 N–H and O–H groups in total. The highest BCUT2D eigenvalue weighted by Crippen LogP contribution is 2.40. The van der Waals surface area contributed by atoms with Crippen LogP contribution in [0.4, 0.5) is 4.39 Å². The van der Waals surface area contributed by atoms with Gasteiger partial charge < -0.3 is 5.32 Å². The van der Waals surface area contributed by atoms with Gasteiger partial charge in [-0.15, -0.1) is 0 Å². The summed E-state index contributed by atoms with van der Waals surface area (Å²) in [5.41, 5.74) is 0.631. The lowest BCUT2D eigenvalue weighted by molar-refractivity contribution is 0.235. The first-order valence-corrected chi connectivity index (χ1v) is 5.73. The van der Waals surface area contributed by atoms with Crippen LogP contribution in [-0.4, -0.2) is 7.05 Å². The Kier molecular flexibility index (Phi) is 3.27. The second-order valence-corrected chi connectivity index (χ2v) is 4.50. The van der Waals surface area contributed by atoms with E-state index in [2.05, 4.69) is 5.32 Å². The third kappa shape index (κ3) is 2.01. The Balaban J connectivity index is 2.32. The van der Waals surface area contributed by atoms with Gasteiger partial charge >= 0.3 is 0 Å². The van der Waals surface area contributed by atoms with Crippen molar-refractivity contribution in [3.8, 4) is 0 Å². The molecule has 0 aromatic heterocycles. The molecule has 0 saturated heterocycles. The Morgan fingerprint density at radius 1 is 1.47 bits per heavy atom. The van der Waals surface area contributed by atoms with Gasteiger partial charge in [0.25, 0.3) is 0 Å². The summed E-state index contributed by atoms with van der Waals surface area (Å²) in [4.78, 5) is 0. The first-order chi connectivity index (χ1) is 7.24. The van der Waals surface area contributed by atoms with Crippen LogP contribution in [-0.2, 0) is 0 Å². The smallest absolute Gasteiger partial charge is 0.129 e. The summed E-state index contributed by atoms with van der Waals surface area (Å²) in [6, 6.07) is 4.94. The third-order valence-electron chi connectivity index (χ3n) is 3.24. The Labute approximate surface area is 94.6 Å². The normalized spacial score (nSPS) is 18.6. The van der Waals surface area contributed by atoms with Crippen molar-refractivity contribution in [1.82, 2.24) is 5.32 Å². The van der Waals surface area contributed by atoms with Crippen LogP contribution in [0, 0.1) is 11.7 Å². The summed E-state index contributed by atoms with van der Waals surface area (Å²) in [5, 5.41) is 3.71. The Bertz CT molecular complexity index is 329. The van der Waals surface area contributed by atoms with E-state index in [0.717, 1.165) is 12.8 Å². The molecule has 1 aliphatic rings. The lowest BCUT2D eigenvalue weighted by atomic mass is 9.77. The summed E-state index contributed by atoms with van der Waals surface area (Å²) in [6.45, 7) is 0. The van der Waals surface area contributed by atoms with Gasteiger partial charge in [-0.25, -0.2) is 4.39 Å². The molecule has 1 nitrogen and oxygen atoms in total. The van der Waals surface area contributed by atoms with Crippen LogP contribution in [0.3, 0.4) is 0 Å². The van der Waals surface area contributed by atoms with Crippen LogP contribution in [0.2, 0.25) is 5.02 Å². The number of nitrogens with one attached hydrogen (secondary N) is 1. The number of rotatable bonds is 3. The van der Waals surface area contributed by atoms with Gasteiger partial charge in [-0.2, -0.15) is 0 Å². The molecule has 0 spiro atoms. The van der Waals surface area contributed by atoms with Crippen LogP contribution in [0.5, 0.6) is 0 Å². The molecule has 1 atom stereocenters. The molecular weight excluding hydrogens is 213 g/mol. The Morgan fingerprint density at radius 2 is 2.20 bits per heavy atom. The molecule has 1 saturated carbocycles. The van der Waals surface area contributed by atoms with Gasteiger partial charge in [-0.05, 0) is 37.9 Å². The highest BCUT2D eigenvalue weighted by molar-refractivity contribution is 6.31. The standard InChI is InChI=1S/C12H15ClFN/c1-15-12(8-4-2-5-8)11-9(13)6-3-7-10(11)14/h3,6-8,12,15H,2,4-5H2,1H3. The van der Waals surface area contributed by atoms with Crippen LogP contribution in [0.1, 0.15) is 30.9 Å². The Morgan fingerprint density at radius 3 is 2.67 bits per heavy atom. The lowest BCUT2D eigenvalue weighted by Gasteiger charge is -2.34. The lowest BCUT2D eigenvalue weighted by Crippen LogP contribution is -2.30. The van der Waals surface area contributed by atoms with E-state index in [1.54, 1.807) is 12.1 Å². The van der Waals surface area contributed by atoms with E-state index < -0.39 is 0 Å². The minimum atomic E-state index is -0.200. The fourth-order valence-electron chi connectivity index (χ4n) is 2.20. The zero-order valence-electron chi connectivity index (χ0n) is 8.76. The molecule has 1 aliphatic carbocycles. The van der Waals surface area contributed by atoms with Crippen molar-refractivity contribution in [2.75, 3.05) is 7.05 Å². The molecular formula is C12H15ClFN. The molecule has 0 amide bonds. The molecule has 15 heavy (non-hydrogen) atoms. The van der Waals surface area contributed by atoms with Crippen molar-refractivity contribution in [1.29, 1.82) is 0 Å². The van der Waals surface area contributed by atoms with Gasteiger partial charge in [0.15, 0.2) is 0 Å². The quantitative estimate of drug-likeness (QED) is 0.833. The molecule has 1 fully saturated rings. The molecule has 3 heteroatoms. The van der Waals surface area contributed by atoms with E-state index in [0.29, 0.717) is 16.5 Å². The molecule has 0 aliphatic heterocycles. The summed E-state index contributed by atoms with van der Waals surface area (Å²) >= 11 is 6.05. The number of halogens is 2. The van der Waals surface area contributed by atoms with Crippen LogP contribution >= 0.6 is 11.6 Å². The maximum atomic E-state index is 13.7. The maximum Gasteiger partial charge on any atom is 0.129 e. The van der Waals surface area contributed by atoms with E-state index >= 15 is 0 Å². The molecule has 1 aromatic rings. The fraction of sp³-hybridized carbons (Fsp3) is 0.500. The molecule has 82 valence electrons. The average molecular weight is 228 g/mol. The minimum absolute atomic E-state index is 0.0625. The molecule has 0 radical (unpaired) electrons. The molecule has 2 rings (SSSR count). The minimum Gasteiger partial charge on any atom is -0.313 e. The van der Waals surface area contributed by atoms with E-state index in [9.17, 15) is 4.39 Å². The van der Waals surface area contributed by atoms with Gasteiger partial charge in [0.2, 0.25) is 0 Å². The molecule has 0 heterocycles. The topological polar surface area (TPSA) is 12.0 Å². The van der Waals surface area contributed by atoms with E-state index in [4.69, 9.17) is 11.6 Å². The molecule has 0 bridgehead atoms. The number of hydrogen-bond acceptors (Lipinski definition) is 1. The number of hydrogen-bond donors (Lipinski definition) is 1. The highest BCUT2D eigenvalue weighted by atomic mass is 35.5. The SMILES string of the molecule is CNC(c1c(F)cccc1Cl)C1CCC1. The monoisotopic (exact) mass is 227 g/mol. The number of benzene rings is 1. The van der Waals surface area contributed by atoms with Crippen molar-refractivity contribution in [2.24, 2.45) is 5.92 Å². The van der Waals surface area contributed by atoms with Crippen molar-refractivity contribution in [2.45, 2.75) is 25.3 Å². The van der Waals surface area contributed by atoms with Crippen LogP contribution in [0.25, 0.3) is 0 Å². The maximum absolute atomic E-state index is 13.7. The average Bonchev–Trinajstić information content (AvgIpc) is 2.12. The van der Waals surface area contributed by atoms with Gasteiger partial charge in [0, 0.05) is 16.6 Å². The van der Waals surface area contributed by atoms with E-state index in [1.165, 1.54) is 12.5 Å². The summed E-state index contributed by atoms with van der Waals surface area (Å²) in [5.74, 6) is 0.332. The van der Waals surface area contributed by atoms with Crippen molar-refractivity contribution >= 4 is 11.6 Å². The summed E-state index contributed by atoms with van der Waals surface area (Å²) in [6.07, 6.45) is 3.57. The Hall–Kier alpha value is -0.600. The van der Waals surface area contributed by atoms with E-state index in [-0.39, 0.29) is 11.9 Å². The first-order valence-electron chi connectivity index (χ1n) is 5.35. The zero-order chi connectivity index (χ0) is 10.8. The van der Waals surface area contributed by atoms with Crippen molar-refractivity contribution in [3.05, 3.63) is 34.6 Å². The fourth-order valence-corrected chi connectivity index (χ4v) is 2.48. The summed E-state index contributed by atoms with van der Waals surface area (Å²) in [7, 11) is 1.87. The van der Waals surface area contributed by atoms with Crippen LogP contribution in [0.15, 0.2) is 18.2 Å². The van der Waals surface area contributed by atoms with Gasteiger partial charge in [-0.1, -0.05) is 24.1 Å². The predicted molar refractivity (Wildman–Crippen MR) is 60.6 cm³/mol. The predicted octanol–water partition coefficient (Wildman–Crippen LogP) is 3.54. The van der Waals surface area contributed by atoms with E-state index in [1.807, 2.05) is 7.05 Å². The first kappa shape index (κ1) is 10.9. The third-order valence-corrected chi connectivity index (χ3v) is 3.57. The summed E-state index contributed by atoms with van der Waals surface area (Å²) < 4.78 is 13.7. The van der Waals surface area contributed by atoms with Gasteiger partial charge in [0.1, 0.15) is 5.82 Å². The zero-order valence-corrected chi connectivity index (χ0v) is 9.52. The van der Waals surface area contributed by atoms with Gasteiger partial charge in [0.05, 0.1) is 0 Å². The van der Waals surface area contributed by atoms with Gasteiger partial charge in [-0.3, -0.25) is 0 Å². The largest absolute Gasteiger partial charge is 0.313 e. The van der Waals surface area contributed by atoms with Crippen molar-refractivity contribution < 1.29 is 4.39 Å².